The van der Waals surface area contributed by atoms with E-state index in [1.54, 1.807) is 12.1 Å². The summed E-state index contributed by atoms with van der Waals surface area (Å²) >= 11 is 1.27. The van der Waals surface area contributed by atoms with Crippen molar-refractivity contribution in [2.45, 2.75) is 20.3 Å². The molecule has 2 aromatic rings. The third kappa shape index (κ3) is 3.68. The first-order valence-corrected chi connectivity index (χ1v) is 8.55. The molecule has 0 bridgehead atoms. The van der Waals surface area contributed by atoms with Crippen molar-refractivity contribution in [3.63, 3.8) is 0 Å². The van der Waals surface area contributed by atoms with Crippen molar-refractivity contribution in [2.75, 3.05) is 0 Å². The Morgan fingerprint density at radius 2 is 1.96 bits per heavy atom. The number of phenolic OH excluding ortho intramolecular Hbond substituents is 1. The van der Waals surface area contributed by atoms with Crippen LogP contribution >= 0.6 is 11.8 Å². The van der Waals surface area contributed by atoms with E-state index in [9.17, 15) is 9.90 Å². The van der Waals surface area contributed by atoms with Gasteiger partial charge in [-0.15, -0.1) is 0 Å². The first kappa shape index (κ1) is 16.3. The zero-order chi connectivity index (χ0) is 17.1. The largest absolute Gasteiger partial charge is 0.506 e. The van der Waals surface area contributed by atoms with Crippen LogP contribution < -0.4 is 5.32 Å². The molecule has 0 saturated carbocycles. The molecule has 0 unspecified atom stereocenters. The molecule has 0 aromatic heterocycles. The molecule has 24 heavy (non-hydrogen) atoms. The Morgan fingerprint density at radius 3 is 2.67 bits per heavy atom. The topological polar surface area (TPSA) is 61.7 Å². The SMILES string of the molecule is CCc1ccc(/C=C2\SC(=Nc3cc(C)ccc3O)NC2=O)cc1. The molecule has 122 valence electrons. The highest BCUT2D eigenvalue weighted by atomic mass is 32.2. The van der Waals surface area contributed by atoms with Gasteiger partial charge in [-0.05, 0) is 60.0 Å². The van der Waals surface area contributed by atoms with Gasteiger partial charge in [0.05, 0.1) is 4.91 Å². The number of phenols is 1. The number of carbonyl (C=O) groups excluding carboxylic acids is 1. The average Bonchev–Trinajstić information content (AvgIpc) is 2.91. The molecule has 0 aliphatic carbocycles. The number of hydrogen-bond donors (Lipinski definition) is 2. The Bertz CT molecular complexity index is 839. The summed E-state index contributed by atoms with van der Waals surface area (Å²) in [5.41, 5.74) is 3.68. The van der Waals surface area contributed by atoms with Gasteiger partial charge in [0.15, 0.2) is 5.17 Å². The minimum absolute atomic E-state index is 0.0931. The second-order valence-corrected chi connectivity index (χ2v) is 6.60. The molecule has 1 aliphatic heterocycles. The minimum atomic E-state index is -0.175. The Balaban J connectivity index is 1.83. The Hall–Kier alpha value is -2.53. The molecule has 3 rings (SSSR count). The second-order valence-electron chi connectivity index (χ2n) is 5.57. The van der Waals surface area contributed by atoms with Crippen LogP contribution in [-0.2, 0) is 11.2 Å². The van der Waals surface area contributed by atoms with Crippen LogP contribution in [-0.4, -0.2) is 16.2 Å². The third-order valence-electron chi connectivity index (χ3n) is 3.69. The third-order valence-corrected chi connectivity index (χ3v) is 4.60. The van der Waals surface area contributed by atoms with E-state index in [1.807, 2.05) is 31.2 Å². The molecule has 1 aliphatic rings. The molecule has 1 heterocycles. The smallest absolute Gasteiger partial charge is 0.264 e. The number of rotatable bonds is 3. The van der Waals surface area contributed by atoms with Gasteiger partial charge in [0.1, 0.15) is 11.4 Å². The van der Waals surface area contributed by atoms with E-state index in [-0.39, 0.29) is 11.7 Å². The van der Waals surface area contributed by atoms with Crippen LogP contribution in [0.5, 0.6) is 5.75 Å². The van der Waals surface area contributed by atoms with Crippen LogP contribution in [0.1, 0.15) is 23.6 Å². The molecule has 2 aromatic carbocycles. The summed E-state index contributed by atoms with van der Waals surface area (Å²) in [6, 6.07) is 13.3. The number of aliphatic imine (C=N–C) groups is 1. The van der Waals surface area contributed by atoms with E-state index in [0.717, 1.165) is 17.5 Å². The highest BCUT2D eigenvalue weighted by Gasteiger charge is 2.24. The molecule has 1 amide bonds. The Kier molecular flexibility index (Phi) is 4.71. The number of nitrogens with zero attached hydrogens (tertiary/aromatic N) is 1. The number of carbonyl (C=O) groups is 1. The van der Waals surface area contributed by atoms with Crippen molar-refractivity contribution in [2.24, 2.45) is 4.99 Å². The Labute approximate surface area is 145 Å². The lowest BCUT2D eigenvalue weighted by Gasteiger charge is -2.01. The maximum atomic E-state index is 12.1. The quantitative estimate of drug-likeness (QED) is 0.826. The predicted molar refractivity (Wildman–Crippen MR) is 99.5 cm³/mol. The number of amides is 1. The summed E-state index contributed by atoms with van der Waals surface area (Å²) in [4.78, 5) is 17.0. The molecule has 5 heteroatoms. The second kappa shape index (κ2) is 6.93. The summed E-state index contributed by atoms with van der Waals surface area (Å²) in [5.74, 6) is -0.0824. The van der Waals surface area contributed by atoms with Gasteiger partial charge >= 0.3 is 0 Å². The molecule has 4 nitrogen and oxygen atoms in total. The summed E-state index contributed by atoms with van der Waals surface area (Å²) in [7, 11) is 0. The van der Waals surface area contributed by atoms with Crippen LogP contribution in [0.2, 0.25) is 0 Å². The van der Waals surface area contributed by atoms with E-state index in [0.29, 0.717) is 15.8 Å². The normalized spacial score (nSPS) is 17.5. The van der Waals surface area contributed by atoms with E-state index in [2.05, 4.69) is 29.4 Å². The highest BCUT2D eigenvalue weighted by molar-refractivity contribution is 8.18. The van der Waals surface area contributed by atoms with Gasteiger partial charge < -0.3 is 10.4 Å². The predicted octanol–water partition coefficient (Wildman–Crippen LogP) is 4.15. The van der Waals surface area contributed by atoms with Crippen molar-refractivity contribution in [1.29, 1.82) is 0 Å². The van der Waals surface area contributed by atoms with Gasteiger partial charge in [-0.25, -0.2) is 4.99 Å². The van der Waals surface area contributed by atoms with Crippen molar-refractivity contribution in [3.8, 4) is 5.75 Å². The van der Waals surface area contributed by atoms with Crippen molar-refractivity contribution >= 4 is 34.6 Å². The van der Waals surface area contributed by atoms with Gasteiger partial charge in [-0.2, -0.15) is 0 Å². The summed E-state index contributed by atoms with van der Waals surface area (Å²) in [5, 5.41) is 13.1. The molecular weight excluding hydrogens is 320 g/mol. The number of hydrogen-bond acceptors (Lipinski definition) is 4. The van der Waals surface area contributed by atoms with Crippen LogP contribution in [0.4, 0.5) is 5.69 Å². The van der Waals surface area contributed by atoms with Gasteiger partial charge in [0, 0.05) is 0 Å². The monoisotopic (exact) mass is 338 g/mol. The number of nitrogens with one attached hydrogen (secondary N) is 1. The fourth-order valence-electron chi connectivity index (χ4n) is 2.31. The minimum Gasteiger partial charge on any atom is -0.506 e. The van der Waals surface area contributed by atoms with Gasteiger partial charge in [0.2, 0.25) is 0 Å². The van der Waals surface area contributed by atoms with Gasteiger partial charge in [-0.3, -0.25) is 4.79 Å². The zero-order valence-corrected chi connectivity index (χ0v) is 14.4. The van der Waals surface area contributed by atoms with Gasteiger partial charge in [0.25, 0.3) is 5.91 Å². The molecule has 2 N–H and O–H groups in total. The van der Waals surface area contributed by atoms with Crippen molar-refractivity contribution in [1.82, 2.24) is 5.32 Å². The molecule has 0 radical (unpaired) electrons. The first-order valence-electron chi connectivity index (χ1n) is 7.73. The van der Waals surface area contributed by atoms with E-state index < -0.39 is 0 Å². The molecule has 0 spiro atoms. The molecular formula is C19H18N2O2S. The summed E-state index contributed by atoms with van der Waals surface area (Å²) in [6.07, 6.45) is 2.83. The highest BCUT2D eigenvalue weighted by Crippen LogP contribution is 2.32. The number of benzene rings is 2. The molecule has 0 atom stereocenters. The lowest BCUT2D eigenvalue weighted by molar-refractivity contribution is -0.115. The van der Waals surface area contributed by atoms with Crippen LogP contribution in [0.3, 0.4) is 0 Å². The fraction of sp³-hybridized carbons (Fsp3) is 0.158. The summed E-state index contributed by atoms with van der Waals surface area (Å²) < 4.78 is 0. The van der Waals surface area contributed by atoms with Crippen LogP contribution in [0, 0.1) is 6.92 Å². The van der Waals surface area contributed by atoms with Crippen LogP contribution in [0.15, 0.2) is 52.4 Å². The van der Waals surface area contributed by atoms with E-state index in [1.165, 1.54) is 17.3 Å². The first-order chi connectivity index (χ1) is 11.5. The Morgan fingerprint density at radius 1 is 1.21 bits per heavy atom. The standard InChI is InChI=1S/C19H18N2O2S/c1-3-13-5-7-14(8-6-13)11-17-18(23)21-19(24-17)20-15-10-12(2)4-9-16(15)22/h4-11,22H,3H2,1-2H3,(H,20,21,23)/b17-11-. The number of amidine groups is 1. The number of aromatic hydroxyl groups is 1. The zero-order valence-electron chi connectivity index (χ0n) is 13.5. The molecule has 1 saturated heterocycles. The average molecular weight is 338 g/mol. The number of aryl methyl sites for hydroxylation is 2. The number of thioether (sulfide) groups is 1. The lowest BCUT2D eigenvalue weighted by Crippen LogP contribution is -2.19. The van der Waals surface area contributed by atoms with Gasteiger partial charge in [-0.1, -0.05) is 37.3 Å². The van der Waals surface area contributed by atoms with Crippen molar-refractivity contribution in [3.05, 3.63) is 64.1 Å². The maximum absolute atomic E-state index is 12.1. The summed E-state index contributed by atoms with van der Waals surface area (Å²) in [6.45, 7) is 4.03. The van der Waals surface area contributed by atoms with Crippen LogP contribution in [0.25, 0.3) is 6.08 Å². The van der Waals surface area contributed by atoms with E-state index >= 15 is 0 Å². The maximum Gasteiger partial charge on any atom is 0.264 e. The fourth-order valence-corrected chi connectivity index (χ4v) is 3.15. The lowest BCUT2D eigenvalue weighted by atomic mass is 10.1. The molecule has 1 fully saturated rings. The van der Waals surface area contributed by atoms with E-state index in [4.69, 9.17) is 0 Å². The van der Waals surface area contributed by atoms with Crippen molar-refractivity contribution < 1.29 is 9.90 Å².